The van der Waals surface area contributed by atoms with E-state index in [1.54, 1.807) is 13.3 Å². The summed E-state index contributed by atoms with van der Waals surface area (Å²) in [6, 6.07) is 7.61. The van der Waals surface area contributed by atoms with Crippen molar-refractivity contribution in [1.82, 2.24) is 15.2 Å². The van der Waals surface area contributed by atoms with Crippen molar-refractivity contribution < 1.29 is 4.74 Å². The van der Waals surface area contributed by atoms with Gasteiger partial charge in [-0.25, -0.2) is 4.98 Å². The maximum absolute atomic E-state index is 4.99. The fourth-order valence-corrected chi connectivity index (χ4v) is 1.32. The molecule has 0 saturated heterocycles. The molecule has 5 heteroatoms. The summed E-state index contributed by atoms with van der Waals surface area (Å²) < 4.78 is 4.99. The minimum absolute atomic E-state index is 0.615. The monoisotopic (exact) mass is 230 g/mol. The van der Waals surface area contributed by atoms with Crippen molar-refractivity contribution in [2.75, 3.05) is 12.4 Å². The van der Waals surface area contributed by atoms with Crippen LogP contribution in [0.25, 0.3) is 0 Å². The van der Waals surface area contributed by atoms with Crippen LogP contribution in [0.1, 0.15) is 11.3 Å². The van der Waals surface area contributed by atoms with Crippen molar-refractivity contribution in [2.45, 2.75) is 13.5 Å². The topological polar surface area (TPSA) is 59.9 Å². The maximum Gasteiger partial charge on any atom is 0.212 e. The first-order chi connectivity index (χ1) is 8.28. The van der Waals surface area contributed by atoms with Gasteiger partial charge < -0.3 is 10.1 Å². The van der Waals surface area contributed by atoms with Crippen molar-refractivity contribution >= 4 is 5.82 Å². The van der Waals surface area contributed by atoms with E-state index in [0.29, 0.717) is 12.4 Å². The van der Waals surface area contributed by atoms with E-state index < -0.39 is 0 Å². The first kappa shape index (κ1) is 11.3. The van der Waals surface area contributed by atoms with E-state index in [9.17, 15) is 0 Å². The lowest BCUT2D eigenvalue weighted by Gasteiger charge is -2.05. The third-order valence-corrected chi connectivity index (χ3v) is 2.28. The molecule has 0 saturated carbocycles. The predicted octanol–water partition coefficient (Wildman–Crippen LogP) is 1.80. The normalized spacial score (nSPS) is 10.0. The predicted molar refractivity (Wildman–Crippen MR) is 64.9 cm³/mol. The second kappa shape index (κ2) is 5.25. The molecule has 0 atom stereocenters. The molecule has 2 rings (SSSR count). The Kier molecular flexibility index (Phi) is 3.49. The Morgan fingerprint density at radius 3 is 2.65 bits per heavy atom. The molecule has 0 fully saturated rings. The SMILES string of the molecule is COc1ccc(CNc2ccc(C)nn2)cn1. The van der Waals surface area contributed by atoms with Crippen LogP contribution in [-0.4, -0.2) is 22.3 Å². The smallest absolute Gasteiger partial charge is 0.212 e. The van der Waals surface area contributed by atoms with Gasteiger partial charge >= 0.3 is 0 Å². The summed E-state index contributed by atoms with van der Waals surface area (Å²) in [6.45, 7) is 2.57. The molecule has 2 heterocycles. The highest BCUT2D eigenvalue weighted by Crippen LogP contribution is 2.08. The van der Waals surface area contributed by atoms with E-state index in [1.165, 1.54) is 0 Å². The Bertz CT molecular complexity index is 467. The lowest BCUT2D eigenvalue weighted by molar-refractivity contribution is 0.397. The average Bonchev–Trinajstić information content (AvgIpc) is 2.39. The number of hydrogen-bond donors (Lipinski definition) is 1. The zero-order valence-electron chi connectivity index (χ0n) is 9.84. The first-order valence-electron chi connectivity index (χ1n) is 5.31. The Morgan fingerprint density at radius 2 is 2.06 bits per heavy atom. The Morgan fingerprint density at radius 1 is 1.18 bits per heavy atom. The van der Waals surface area contributed by atoms with Crippen LogP contribution in [0.15, 0.2) is 30.5 Å². The van der Waals surface area contributed by atoms with Crippen LogP contribution in [0, 0.1) is 6.92 Å². The van der Waals surface area contributed by atoms with Crippen molar-refractivity contribution in [1.29, 1.82) is 0 Å². The summed E-state index contributed by atoms with van der Waals surface area (Å²) >= 11 is 0. The molecule has 0 aliphatic carbocycles. The highest BCUT2D eigenvalue weighted by Gasteiger charge is 1.97. The summed E-state index contributed by atoms with van der Waals surface area (Å²) in [6.07, 6.45) is 1.77. The molecule has 0 unspecified atom stereocenters. The molecular weight excluding hydrogens is 216 g/mol. The highest BCUT2D eigenvalue weighted by molar-refractivity contribution is 5.34. The van der Waals surface area contributed by atoms with Crippen molar-refractivity contribution in [2.24, 2.45) is 0 Å². The number of aromatic nitrogens is 3. The fourth-order valence-electron chi connectivity index (χ4n) is 1.32. The summed E-state index contributed by atoms with van der Waals surface area (Å²) in [7, 11) is 1.60. The summed E-state index contributed by atoms with van der Waals surface area (Å²) in [5.41, 5.74) is 1.97. The molecule has 2 aromatic heterocycles. The van der Waals surface area contributed by atoms with E-state index in [1.807, 2.05) is 31.2 Å². The van der Waals surface area contributed by atoms with Crippen molar-refractivity contribution in [3.8, 4) is 5.88 Å². The van der Waals surface area contributed by atoms with E-state index in [-0.39, 0.29) is 0 Å². The minimum Gasteiger partial charge on any atom is -0.481 e. The van der Waals surface area contributed by atoms with Crippen LogP contribution in [0.3, 0.4) is 0 Å². The van der Waals surface area contributed by atoms with Gasteiger partial charge in [-0.2, -0.15) is 5.10 Å². The first-order valence-corrected chi connectivity index (χ1v) is 5.31. The van der Waals surface area contributed by atoms with Crippen LogP contribution < -0.4 is 10.1 Å². The molecule has 0 aliphatic rings. The third-order valence-electron chi connectivity index (χ3n) is 2.28. The summed E-state index contributed by atoms with van der Waals surface area (Å²) in [4.78, 5) is 4.13. The standard InChI is InChI=1S/C12H14N4O/c1-9-3-5-11(16-15-9)13-7-10-4-6-12(17-2)14-8-10/h3-6,8H,7H2,1-2H3,(H,13,16). The molecule has 2 aromatic rings. The Hall–Kier alpha value is -2.17. The second-order valence-electron chi connectivity index (χ2n) is 3.62. The molecule has 0 aromatic carbocycles. The van der Waals surface area contributed by atoms with Gasteiger partial charge in [0.2, 0.25) is 5.88 Å². The molecule has 17 heavy (non-hydrogen) atoms. The third kappa shape index (κ3) is 3.14. The van der Waals surface area contributed by atoms with Crippen LogP contribution in [0.2, 0.25) is 0 Å². The molecule has 5 nitrogen and oxygen atoms in total. The largest absolute Gasteiger partial charge is 0.481 e. The lowest BCUT2D eigenvalue weighted by atomic mass is 10.3. The molecule has 1 N–H and O–H groups in total. The maximum atomic E-state index is 4.99. The highest BCUT2D eigenvalue weighted by atomic mass is 16.5. The van der Waals surface area contributed by atoms with Crippen LogP contribution in [-0.2, 0) is 6.54 Å². The molecule has 0 amide bonds. The van der Waals surface area contributed by atoms with Crippen molar-refractivity contribution in [3.05, 3.63) is 41.7 Å². The number of ether oxygens (including phenoxy) is 1. The minimum atomic E-state index is 0.615. The average molecular weight is 230 g/mol. The van der Waals surface area contributed by atoms with Gasteiger partial charge in [0.05, 0.1) is 12.8 Å². The summed E-state index contributed by atoms with van der Waals surface area (Å²) in [5.74, 6) is 1.37. The van der Waals surface area contributed by atoms with Crippen molar-refractivity contribution in [3.63, 3.8) is 0 Å². The van der Waals surface area contributed by atoms with E-state index >= 15 is 0 Å². The Balaban J connectivity index is 1.95. The number of aryl methyl sites for hydroxylation is 1. The number of rotatable bonds is 4. The van der Waals surface area contributed by atoms with E-state index in [4.69, 9.17) is 4.74 Å². The second-order valence-corrected chi connectivity index (χ2v) is 3.62. The van der Waals surface area contributed by atoms with Gasteiger partial charge in [-0.3, -0.25) is 0 Å². The molecule has 0 bridgehead atoms. The number of nitrogens with zero attached hydrogens (tertiary/aromatic N) is 3. The number of anilines is 1. The van der Waals surface area contributed by atoms with E-state index in [0.717, 1.165) is 17.1 Å². The van der Waals surface area contributed by atoms with E-state index in [2.05, 4.69) is 20.5 Å². The zero-order valence-corrected chi connectivity index (χ0v) is 9.84. The molecule has 0 aliphatic heterocycles. The molecule has 0 radical (unpaired) electrons. The summed E-state index contributed by atoms with van der Waals surface area (Å²) in [5, 5.41) is 11.2. The fraction of sp³-hybridized carbons (Fsp3) is 0.250. The molecule has 0 spiro atoms. The van der Waals surface area contributed by atoms with Gasteiger partial charge in [-0.05, 0) is 24.6 Å². The van der Waals surface area contributed by atoms with Crippen LogP contribution >= 0.6 is 0 Å². The van der Waals surface area contributed by atoms with Gasteiger partial charge in [0, 0.05) is 18.8 Å². The number of hydrogen-bond acceptors (Lipinski definition) is 5. The zero-order chi connectivity index (χ0) is 12.1. The Labute approximate surface area is 99.9 Å². The van der Waals surface area contributed by atoms with Crippen LogP contribution in [0.4, 0.5) is 5.82 Å². The van der Waals surface area contributed by atoms with Gasteiger partial charge in [0.1, 0.15) is 5.82 Å². The van der Waals surface area contributed by atoms with Crippen LogP contribution in [0.5, 0.6) is 5.88 Å². The number of methoxy groups -OCH3 is 1. The van der Waals surface area contributed by atoms with Gasteiger partial charge in [-0.1, -0.05) is 6.07 Å². The quantitative estimate of drug-likeness (QED) is 0.867. The number of nitrogens with one attached hydrogen (secondary N) is 1. The van der Waals surface area contributed by atoms with Gasteiger partial charge in [0.15, 0.2) is 0 Å². The van der Waals surface area contributed by atoms with Gasteiger partial charge in [-0.15, -0.1) is 5.10 Å². The van der Waals surface area contributed by atoms with Gasteiger partial charge in [0.25, 0.3) is 0 Å². The lowest BCUT2D eigenvalue weighted by Crippen LogP contribution is -2.03. The molecular formula is C12H14N4O. The number of pyridine rings is 1. The molecule has 88 valence electrons.